The van der Waals surface area contributed by atoms with Crippen molar-refractivity contribution in [2.45, 2.75) is 19.5 Å². The van der Waals surface area contributed by atoms with Crippen LogP contribution >= 0.6 is 0 Å². The van der Waals surface area contributed by atoms with E-state index in [9.17, 15) is 13.2 Å². The molecular weight excluding hydrogens is 508 g/mol. The molecule has 0 atom stereocenters. The van der Waals surface area contributed by atoms with Gasteiger partial charge in [0.25, 0.3) is 5.91 Å². The van der Waals surface area contributed by atoms with Gasteiger partial charge in [-0.1, -0.05) is 72.8 Å². The Morgan fingerprint density at radius 1 is 0.744 bits per heavy atom. The lowest BCUT2D eigenvalue weighted by Crippen LogP contribution is -2.50. The molecule has 3 aromatic carbocycles. The van der Waals surface area contributed by atoms with Gasteiger partial charge in [0.15, 0.2) is 0 Å². The van der Waals surface area contributed by atoms with Gasteiger partial charge in [-0.05, 0) is 35.7 Å². The average molecular weight is 547 g/mol. The first-order valence-corrected chi connectivity index (χ1v) is 15.5. The number of carbonyl (C=O) groups excluding carboxylic acids is 1. The number of hydrogen-bond donors (Lipinski definition) is 0. The highest BCUT2D eigenvalue weighted by Crippen LogP contribution is 2.29. The van der Waals surface area contributed by atoms with Crippen LogP contribution in [0.3, 0.4) is 0 Å². The van der Waals surface area contributed by atoms with Crippen LogP contribution in [0.2, 0.25) is 0 Å². The lowest BCUT2D eigenvalue weighted by molar-refractivity contribution is 0.0597. The van der Waals surface area contributed by atoms with E-state index in [1.807, 2.05) is 41.3 Å². The van der Waals surface area contributed by atoms with E-state index in [4.69, 9.17) is 0 Å². The third-order valence-electron chi connectivity index (χ3n) is 7.87. The highest BCUT2D eigenvalue weighted by atomic mass is 32.2. The summed E-state index contributed by atoms with van der Waals surface area (Å²) in [6, 6.07) is 29.3. The zero-order valence-corrected chi connectivity index (χ0v) is 23.5. The molecule has 2 aliphatic rings. The predicted molar refractivity (Wildman–Crippen MR) is 155 cm³/mol. The summed E-state index contributed by atoms with van der Waals surface area (Å²) in [5, 5.41) is 0. The number of piperazine rings is 2. The van der Waals surface area contributed by atoms with Crippen LogP contribution in [0.4, 0.5) is 0 Å². The van der Waals surface area contributed by atoms with Gasteiger partial charge < -0.3 is 4.90 Å². The molecule has 2 fully saturated rings. The molecule has 0 aromatic heterocycles. The number of benzene rings is 3. The summed E-state index contributed by atoms with van der Waals surface area (Å²) in [7, 11) is -3.14. The third-order valence-corrected chi connectivity index (χ3v) is 9.75. The summed E-state index contributed by atoms with van der Waals surface area (Å²) in [6.45, 7) is 7.83. The van der Waals surface area contributed by atoms with Gasteiger partial charge in [0.2, 0.25) is 10.0 Å². The zero-order chi connectivity index (χ0) is 27.2. The maximum Gasteiger partial charge on any atom is 0.253 e. The van der Waals surface area contributed by atoms with Crippen molar-refractivity contribution in [3.63, 3.8) is 0 Å². The standard InChI is InChI=1S/C31H38N4O3S/c1-2-39(37,38)35-22-16-32(17-23-35)25-26-10-9-15-29(24-26)31(36)34-20-18-33(19-21-34)30(27-11-5-3-6-12-27)28-13-7-4-8-14-28/h3-15,24,30H,2,16-23,25H2,1H3. The first-order valence-electron chi connectivity index (χ1n) is 13.9. The number of sulfonamides is 1. The number of hydrogen-bond acceptors (Lipinski definition) is 5. The number of rotatable bonds is 8. The summed E-state index contributed by atoms with van der Waals surface area (Å²) < 4.78 is 25.9. The van der Waals surface area contributed by atoms with E-state index in [0.717, 1.165) is 24.2 Å². The van der Waals surface area contributed by atoms with Crippen LogP contribution in [-0.4, -0.2) is 91.4 Å². The van der Waals surface area contributed by atoms with E-state index < -0.39 is 10.0 Å². The molecule has 0 spiro atoms. The second-order valence-corrected chi connectivity index (χ2v) is 12.6. The zero-order valence-electron chi connectivity index (χ0n) is 22.7. The monoisotopic (exact) mass is 546 g/mol. The van der Waals surface area contributed by atoms with Crippen molar-refractivity contribution in [1.29, 1.82) is 0 Å². The van der Waals surface area contributed by atoms with Crippen LogP contribution in [0.5, 0.6) is 0 Å². The lowest BCUT2D eigenvalue weighted by atomic mass is 9.96. The lowest BCUT2D eigenvalue weighted by Gasteiger charge is -2.40. The van der Waals surface area contributed by atoms with Crippen LogP contribution in [-0.2, 0) is 16.6 Å². The van der Waals surface area contributed by atoms with Gasteiger partial charge >= 0.3 is 0 Å². The maximum absolute atomic E-state index is 13.5. The van der Waals surface area contributed by atoms with Crippen molar-refractivity contribution >= 4 is 15.9 Å². The molecule has 0 bridgehead atoms. The average Bonchev–Trinajstić information content (AvgIpc) is 2.99. The highest BCUT2D eigenvalue weighted by Gasteiger charge is 2.29. The normalized spacial score (nSPS) is 17.9. The summed E-state index contributed by atoms with van der Waals surface area (Å²) in [6.07, 6.45) is 0. The Morgan fingerprint density at radius 2 is 1.33 bits per heavy atom. The third kappa shape index (κ3) is 6.58. The van der Waals surface area contributed by atoms with Gasteiger partial charge in [0.1, 0.15) is 0 Å². The Morgan fingerprint density at radius 3 is 1.90 bits per heavy atom. The van der Waals surface area contributed by atoms with E-state index in [2.05, 4.69) is 58.3 Å². The topological polar surface area (TPSA) is 64.2 Å². The van der Waals surface area contributed by atoms with Crippen molar-refractivity contribution in [2.75, 3.05) is 58.1 Å². The SMILES string of the molecule is CCS(=O)(=O)N1CCN(Cc2cccc(C(=O)N3CCN(C(c4ccccc4)c4ccccc4)CC3)c2)CC1. The second kappa shape index (κ2) is 12.4. The largest absolute Gasteiger partial charge is 0.336 e. The minimum absolute atomic E-state index is 0.0753. The van der Waals surface area contributed by atoms with E-state index >= 15 is 0 Å². The molecule has 3 aromatic rings. The molecule has 0 unspecified atom stereocenters. The van der Waals surface area contributed by atoms with E-state index in [1.165, 1.54) is 11.1 Å². The number of amides is 1. The van der Waals surface area contributed by atoms with Gasteiger partial charge in [0.05, 0.1) is 11.8 Å². The fraction of sp³-hybridized carbons (Fsp3) is 0.387. The molecule has 206 valence electrons. The molecule has 2 saturated heterocycles. The molecule has 5 rings (SSSR count). The maximum atomic E-state index is 13.5. The summed E-state index contributed by atoms with van der Waals surface area (Å²) in [4.78, 5) is 20.2. The fourth-order valence-corrected chi connectivity index (χ4v) is 6.74. The Balaban J connectivity index is 1.20. The van der Waals surface area contributed by atoms with Crippen LogP contribution in [0.1, 0.15) is 40.0 Å². The van der Waals surface area contributed by atoms with E-state index in [1.54, 1.807) is 11.2 Å². The summed E-state index contributed by atoms with van der Waals surface area (Å²) in [5.41, 5.74) is 4.34. The van der Waals surface area contributed by atoms with Crippen molar-refractivity contribution in [1.82, 2.24) is 19.0 Å². The Labute approximate surface area is 232 Å². The Hall–Kier alpha value is -3.04. The van der Waals surface area contributed by atoms with Gasteiger partial charge in [-0.25, -0.2) is 8.42 Å². The van der Waals surface area contributed by atoms with Crippen LogP contribution in [0.25, 0.3) is 0 Å². The number of carbonyl (C=O) groups is 1. The number of nitrogens with zero attached hydrogens (tertiary/aromatic N) is 4. The Kier molecular flexibility index (Phi) is 8.77. The second-order valence-electron chi connectivity index (χ2n) is 10.3. The smallest absolute Gasteiger partial charge is 0.253 e. The quantitative estimate of drug-likeness (QED) is 0.431. The van der Waals surface area contributed by atoms with E-state index in [-0.39, 0.29) is 17.7 Å². The molecule has 0 aliphatic carbocycles. The van der Waals surface area contributed by atoms with Crippen molar-refractivity contribution < 1.29 is 13.2 Å². The minimum Gasteiger partial charge on any atom is -0.336 e. The Bertz CT molecular complexity index is 1300. The molecule has 0 saturated carbocycles. The molecule has 1 amide bonds. The first kappa shape index (κ1) is 27.5. The van der Waals surface area contributed by atoms with Gasteiger partial charge in [-0.3, -0.25) is 14.6 Å². The molecule has 0 radical (unpaired) electrons. The molecule has 2 aliphatic heterocycles. The molecular formula is C31H38N4O3S. The molecule has 8 heteroatoms. The summed E-state index contributed by atoms with van der Waals surface area (Å²) in [5.74, 6) is 0.219. The molecule has 2 heterocycles. The van der Waals surface area contributed by atoms with Crippen molar-refractivity contribution in [2.24, 2.45) is 0 Å². The summed E-state index contributed by atoms with van der Waals surface area (Å²) >= 11 is 0. The van der Waals surface area contributed by atoms with Crippen LogP contribution in [0, 0.1) is 0 Å². The first-order chi connectivity index (χ1) is 18.9. The van der Waals surface area contributed by atoms with Gasteiger partial charge in [-0.15, -0.1) is 0 Å². The molecule has 39 heavy (non-hydrogen) atoms. The highest BCUT2D eigenvalue weighted by molar-refractivity contribution is 7.89. The predicted octanol–water partition coefficient (Wildman–Crippen LogP) is 3.70. The van der Waals surface area contributed by atoms with E-state index in [0.29, 0.717) is 45.8 Å². The molecule has 7 nitrogen and oxygen atoms in total. The van der Waals surface area contributed by atoms with Crippen LogP contribution < -0.4 is 0 Å². The van der Waals surface area contributed by atoms with Crippen molar-refractivity contribution in [3.8, 4) is 0 Å². The van der Waals surface area contributed by atoms with Crippen LogP contribution in [0.15, 0.2) is 84.9 Å². The molecule has 0 N–H and O–H groups in total. The fourth-order valence-electron chi connectivity index (χ4n) is 5.66. The minimum atomic E-state index is -3.14. The van der Waals surface area contributed by atoms with Gasteiger partial charge in [-0.2, -0.15) is 4.31 Å². The van der Waals surface area contributed by atoms with Gasteiger partial charge in [0, 0.05) is 64.5 Å². The van der Waals surface area contributed by atoms with Crippen molar-refractivity contribution in [3.05, 3.63) is 107 Å².